The number of aromatic nitrogens is 5. The van der Waals surface area contributed by atoms with Crippen LogP contribution < -0.4 is 10.6 Å². The van der Waals surface area contributed by atoms with Crippen LogP contribution in [0.4, 0.5) is 19.1 Å². The molecule has 35 heavy (non-hydrogen) atoms. The summed E-state index contributed by atoms with van der Waals surface area (Å²) < 4.78 is 37.9. The highest BCUT2D eigenvalue weighted by atomic mass is 19.4. The van der Waals surface area contributed by atoms with Gasteiger partial charge >= 0.3 is 6.18 Å². The number of alkyl halides is 3. The minimum absolute atomic E-state index is 0.0355. The molecule has 1 atom stereocenters. The molecule has 3 aromatic heterocycles. The first-order valence-electron chi connectivity index (χ1n) is 10.4. The van der Waals surface area contributed by atoms with Crippen molar-refractivity contribution in [2.24, 2.45) is 0 Å². The quantitative estimate of drug-likeness (QED) is 0.424. The second-order valence-electron chi connectivity index (χ2n) is 7.22. The van der Waals surface area contributed by atoms with E-state index in [0.29, 0.717) is 30.2 Å². The van der Waals surface area contributed by atoms with E-state index in [1.165, 1.54) is 0 Å². The van der Waals surface area contributed by atoms with Crippen molar-refractivity contribution in [1.29, 1.82) is 0 Å². The van der Waals surface area contributed by atoms with Gasteiger partial charge in [-0.05, 0) is 37.5 Å². The number of nitrogens with zero attached hydrogens (tertiary/aromatic N) is 5. The van der Waals surface area contributed by atoms with Gasteiger partial charge in [0.25, 0.3) is 12.4 Å². The molecule has 3 aromatic rings. The SMILES string of the molecule is CCC(CNc1ncc(C(F)(F)F)cn1)NC(=O)c1ncc(C)c(C)c1-c1ncccn1.O=CO. The van der Waals surface area contributed by atoms with Crippen molar-refractivity contribution < 1.29 is 27.9 Å². The van der Waals surface area contributed by atoms with Crippen molar-refractivity contribution in [3.8, 4) is 11.4 Å². The van der Waals surface area contributed by atoms with E-state index in [1.54, 1.807) is 24.7 Å². The highest BCUT2D eigenvalue weighted by Gasteiger charge is 2.31. The summed E-state index contributed by atoms with van der Waals surface area (Å²) in [6.07, 6.45) is 2.27. The molecule has 3 rings (SSSR count). The average molecular weight is 491 g/mol. The molecule has 1 amide bonds. The molecule has 0 saturated carbocycles. The topological polar surface area (TPSA) is 143 Å². The number of aryl methyl sites for hydroxylation is 1. The van der Waals surface area contributed by atoms with Crippen molar-refractivity contribution in [3.63, 3.8) is 0 Å². The fourth-order valence-corrected chi connectivity index (χ4v) is 2.90. The number of amides is 1. The minimum Gasteiger partial charge on any atom is -0.483 e. The first kappa shape index (κ1) is 27.1. The van der Waals surface area contributed by atoms with Crippen LogP contribution in [0.5, 0.6) is 0 Å². The average Bonchev–Trinajstić information content (AvgIpc) is 2.84. The number of hydrogen-bond donors (Lipinski definition) is 3. The Balaban J connectivity index is 0.00000137. The van der Waals surface area contributed by atoms with Gasteiger partial charge in [-0.25, -0.2) is 19.9 Å². The Morgan fingerprint density at radius 1 is 1.09 bits per heavy atom. The summed E-state index contributed by atoms with van der Waals surface area (Å²) in [5.41, 5.74) is 1.57. The predicted molar refractivity (Wildman–Crippen MR) is 120 cm³/mol. The van der Waals surface area contributed by atoms with E-state index in [-0.39, 0.29) is 30.7 Å². The van der Waals surface area contributed by atoms with Gasteiger partial charge in [0.05, 0.1) is 11.1 Å². The Morgan fingerprint density at radius 2 is 1.69 bits per heavy atom. The molecule has 3 heterocycles. The van der Waals surface area contributed by atoms with Gasteiger partial charge in [-0.3, -0.25) is 14.6 Å². The summed E-state index contributed by atoms with van der Waals surface area (Å²) in [6.45, 7) is 5.60. The third-order valence-electron chi connectivity index (χ3n) is 4.91. The number of hydrogen-bond acceptors (Lipinski definition) is 8. The van der Waals surface area contributed by atoms with Crippen LogP contribution in [0.15, 0.2) is 37.1 Å². The van der Waals surface area contributed by atoms with Crippen LogP contribution in [-0.2, 0) is 11.0 Å². The predicted octanol–water partition coefficient (Wildman–Crippen LogP) is 3.29. The zero-order valence-electron chi connectivity index (χ0n) is 19.2. The number of nitrogens with one attached hydrogen (secondary N) is 2. The summed E-state index contributed by atoms with van der Waals surface area (Å²) >= 11 is 0. The largest absolute Gasteiger partial charge is 0.483 e. The highest BCUT2D eigenvalue weighted by Crippen LogP contribution is 2.28. The van der Waals surface area contributed by atoms with E-state index in [4.69, 9.17) is 9.90 Å². The molecular weight excluding hydrogens is 467 g/mol. The molecule has 0 spiro atoms. The summed E-state index contributed by atoms with van der Waals surface area (Å²) in [5.74, 6) is 0.0293. The van der Waals surface area contributed by atoms with Crippen LogP contribution in [0.25, 0.3) is 11.4 Å². The Morgan fingerprint density at radius 3 is 2.23 bits per heavy atom. The Bertz CT molecular complexity index is 1130. The van der Waals surface area contributed by atoms with Crippen molar-refractivity contribution in [3.05, 3.63) is 59.4 Å². The number of carbonyl (C=O) groups excluding carboxylic acids is 1. The van der Waals surface area contributed by atoms with Crippen LogP contribution in [0.1, 0.15) is 40.5 Å². The van der Waals surface area contributed by atoms with E-state index >= 15 is 0 Å². The van der Waals surface area contributed by atoms with E-state index in [9.17, 15) is 18.0 Å². The smallest absolute Gasteiger partial charge is 0.419 e. The number of halogens is 3. The van der Waals surface area contributed by atoms with Gasteiger partial charge in [0, 0.05) is 43.6 Å². The minimum atomic E-state index is -4.50. The van der Waals surface area contributed by atoms with Gasteiger partial charge in [0.2, 0.25) is 5.95 Å². The van der Waals surface area contributed by atoms with Crippen LogP contribution in [0.3, 0.4) is 0 Å². The molecule has 0 aliphatic rings. The van der Waals surface area contributed by atoms with Crippen LogP contribution in [0.2, 0.25) is 0 Å². The standard InChI is InChI=1S/C21H22F3N7O.CH2O2/c1-4-15(11-30-20-28-9-14(10-29-20)21(22,23)24)31-19(32)17-16(13(3)12(2)8-27-17)18-25-6-5-7-26-18;2-1-3/h5-10,15H,4,11H2,1-3H3,(H,31,32)(H,28,29,30);1H,(H,2,3). The molecule has 0 bridgehead atoms. The fraction of sp³-hybridized carbons (Fsp3) is 0.318. The van der Waals surface area contributed by atoms with Crippen LogP contribution >= 0.6 is 0 Å². The first-order chi connectivity index (χ1) is 16.6. The van der Waals surface area contributed by atoms with Gasteiger partial charge in [-0.15, -0.1) is 0 Å². The molecular formula is C22H24F3N7O3. The molecule has 186 valence electrons. The van der Waals surface area contributed by atoms with Crippen molar-refractivity contribution >= 4 is 18.3 Å². The van der Waals surface area contributed by atoms with Gasteiger partial charge in [-0.1, -0.05) is 6.92 Å². The highest BCUT2D eigenvalue weighted by molar-refractivity contribution is 5.99. The number of carbonyl (C=O) groups is 2. The lowest BCUT2D eigenvalue weighted by molar-refractivity contribution is -0.138. The maximum Gasteiger partial charge on any atom is 0.419 e. The lowest BCUT2D eigenvalue weighted by Crippen LogP contribution is -2.40. The third kappa shape index (κ3) is 7.42. The molecule has 0 saturated heterocycles. The molecule has 1 unspecified atom stereocenters. The van der Waals surface area contributed by atoms with Crippen molar-refractivity contribution in [1.82, 2.24) is 30.2 Å². The number of pyridine rings is 1. The zero-order valence-corrected chi connectivity index (χ0v) is 19.2. The molecule has 13 heteroatoms. The fourth-order valence-electron chi connectivity index (χ4n) is 2.90. The molecule has 0 radical (unpaired) electrons. The van der Waals surface area contributed by atoms with E-state index < -0.39 is 17.6 Å². The summed E-state index contributed by atoms with van der Waals surface area (Å²) in [7, 11) is 0. The lowest BCUT2D eigenvalue weighted by Gasteiger charge is -2.19. The second-order valence-corrected chi connectivity index (χ2v) is 7.22. The molecule has 3 N–H and O–H groups in total. The van der Waals surface area contributed by atoms with Crippen molar-refractivity contribution in [2.75, 3.05) is 11.9 Å². The van der Waals surface area contributed by atoms with Crippen LogP contribution in [0, 0.1) is 13.8 Å². The van der Waals surface area contributed by atoms with E-state index in [2.05, 4.69) is 35.6 Å². The van der Waals surface area contributed by atoms with E-state index in [1.807, 2.05) is 20.8 Å². The second kappa shape index (κ2) is 12.3. The van der Waals surface area contributed by atoms with Crippen LogP contribution in [-0.4, -0.2) is 55.0 Å². The van der Waals surface area contributed by atoms with E-state index in [0.717, 1.165) is 11.1 Å². The molecule has 0 fully saturated rings. The number of anilines is 1. The Labute approximate surface area is 199 Å². The molecule has 0 aliphatic carbocycles. The maximum atomic E-state index is 13.0. The summed E-state index contributed by atoms with van der Waals surface area (Å²) in [4.78, 5) is 41.6. The lowest BCUT2D eigenvalue weighted by atomic mass is 10.0. The van der Waals surface area contributed by atoms with Gasteiger partial charge in [0.1, 0.15) is 5.69 Å². The first-order valence-corrected chi connectivity index (χ1v) is 10.4. The third-order valence-corrected chi connectivity index (χ3v) is 4.91. The molecule has 10 nitrogen and oxygen atoms in total. The Kier molecular flexibility index (Phi) is 9.55. The van der Waals surface area contributed by atoms with Gasteiger partial charge < -0.3 is 15.7 Å². The number of carboxylic acid groups (broad SMARTS) is 1. The van der Waals surface area contributed by atoms with Gasteiger partial charge in [0.15, 0.2) is 5.82 Å². The monoisotopic (exact) mass is 491 g/mol. The van der Waals surface area contributed by atoms with Crippen molar-refractivity contribution in [2.45, 2.75) is 39.4 Å². The maximum absolute atomic E-state index is 13.0. The normalized spacial score (nSPS) is 11.6. The Hall–Kier alpha value is -4.16. The summed E-state index contributed by atoms with van der Waals surface area (Å²) in [6, 6.07) is 1.34. The molecule has 0 aliphatic heterocycles. The van der Waals surface area contributed by atoms with Gasteiger partial charge in [-0.2, -0.15) is 13.2 Å². The summed E-state index contributed by atoms with van der Waals surface area (Å²) in [5, 5.41) is 12.6. The molecule has 0 aromatic carbocycles. The zero-order chi connectivity index (χ0) is 26.0. The number of rotatable bonds is 7.